The number of halogens is 1. The van der Waals surface area contributed by atoms with Crippen LogP contribution in [0.2, 0.25) is 0 Å². The molecule has 0 aliphatic carbocycles. The highest BCUT2D eigenvalue weighted by Crippen LogP contribution is 2.29. The fraction of sp³-hybridized carbons (Fsp3) is 0.667. The highest BCUT2D eigenvalue weighted by atomic mass is 79.9. The number of sulfonamides is 1. The van der Waals surface area contributed by atoms with Gasteiger partial charge in [0.05, 0.1) is 12.6 Å². The molecule has 2 rings (SSSR count). The maximum Gasteiger partial charge on any atom is 0.247 e. The zero-order chi connectivity index (χ0) is 14.8. The van der Waals surface area contributed by atoms with Crippen LogP contribution in [0.5, 0.6) is 0 Å². The second-order valence-corrected chi connectivity index (χ2v) is 7.54. The molecule has 1 saturated heterocycles. The van der Waals surface area contributed by atoms with E-state index < -0.39 is 10.0 Å². The van der Waals surface area contributed by atoms with Crippen LogP contribution in [0.15, 0.2) is 20.0 Å². The fourth-order valence-corrected chi connectivity index (χ4v) is 4.34. The molecule has 1 atom stereocenters. The van der Waals surface area contributed by atoms with Gasteiger partial charge in [0.15, 0.2) is 4.67 Å². The van der Waals surface area contributed by atoms with Crippen molar-refractivity contribution >= 4 is 26.0 Å². The Labute approximate surface area is 127 Å². The zero-order valence-electron chi connectivity index (χ0n) is 11.6. The van der Waals surface area contributed by atoms with Crippen LogP contribution in [0.1, 0.15) is 18.6 Å². The van der Waals surface area contributed by atoms with Crippen molar-refractivity contribution in [2.75, 3.05) is 27.2 Å². The first kappa shape index (κ1) is 16.0. The van der Waals surface area contributed by atoms with Crippen molar-refractivity contribution in [1.29, 1.82) is 0 Å². The van der Waals surface area contributed by atoms with E-state index in [9.17, 15) is 8.42 Å². The standard InChI is InChI=1S/C12H19BrN2O4S/c1-14-7-10-6-11(12(13)19-10)20(16,17)15(2)8-9-4-3-5-18-9/h6,9,14H,3-5,7-8H2,1-2H3. The molecule has 0 spiro atoms. The number of likely N-dealkylation sites (N-methyl/N-ethyl adjacent to an activating group) is 1. The molecule has 114 valence electrons. The van der Waals surface area contributed by atoms with Gasteiger partial charge in [0, 0.05) is 26.3 Å². The van der Waals surface area contributed by atoms with Gasteiger partial charge in [-0.3, -0.25) is 0 Å². The molecule has 0 radical (unpaired) electrons. The molecule has 1 N–H and O–H groups in total. The predicted octanol–water partition coefficient (Wildman–Crippen LogP) is 1.56. The van der Waals surface area contributed by atoms with Gasteiger partial charge in [0.1, 0.15) is 10.7 Å². The topological polar surface area (TPSA) is 71.8 Å². The first-order valence-electron chi connectivity index (χ1n) is 6.46. The van der Waals surface area contributed by atoms with Crippen molar-refractivity contribution in [2.45, 2.75) is 30.4 Å². The number of ether oxygens (including phenoxy) is 1. The minimum absolute atomic E-state index is 0.0165. The lowest BCUT2D eigenvalue weighted by Crippen LogP contribution is -2.34. The van der Waals surface area contributed by atoms with Gasteiger partial charge in [-0.05, 0) is 35.8 Å². The van der Waals surface area contributed by atoms with Crippen LogP contribution >= 0.6 is 15.9 Å². The Bertz CT molecular complexity index is 552. The van der Waals surface area contributed by atoms with E-state index in [0.29, 0.717) is 25.5 Å². The van der Waals surface area contributed by atoms with E-state index in [0.717, 1.165) is 12.8 Å². The highest BCUT2D eigenvalue weighted by Gasteiger charge is 2.29. The third-order valence-corrected chi connectivity index (χ3v) is 5.91. The first-order valence-corrected chi connectivity index (χ1v) is 8.69. The molecule has 1 fully saturated rings. The highest BCUT2D eigenvalue weighted by molar-refractivity contribution is 9.10. The Hall–Kier alpha value is -0.410. The van der Waals surface area contributed by atoms with Crippen LogP contribution < -0.4 is 5.32 Å². The Morgan fingerprint density at radius 3 is 2.90 bits per heavy atom. The summed E-state index contributed by atoms with van der Waals surface area (Å²) in [5.74, 6) is 0.573. The molecule has 1 aromatic heterocycles. The third kappa shape index (κ3) is 3.43. The summed E-state index contributed by atoms with van der Waals surface area (Å²) in [7, 11) is -0.234. The molecule has 0 bridgehead atoms. The van der Waals surface area contributed by atoms with E-state index >= 15 is 0 Å². The summed E-state index contributed by atoms with van der Waals surface area (Å²) in [6, 6.07) is 1.54. The van der Waals surface area contributed by atoms with Crippen molar-refractivity contribution in [3.05, 3.63) is 16.5 Å². The molecule has 1 aromatic rings. The Morgan fingerprint density at radius 2 is 2.30 bits per heavy atom. The Morgan fingerprint density at radius 1 is 1.55 bits per heavy atom. The number of nitrogens with one attached hydrogen (secondary N) is 1. The van der Waals surface area contributed by atoms with Gasteiger partial charge >= 0.3 is 0 Å². The maximum atomic E-state index is 12.5. The van der Waals surface area contributed by atoms with Crippen LogP contribution in [0, 0.1) is 0 Å². The van der Waals surface area contributed by atoms with Gasteiger partial charge in [-0.2, -0.15) is 4.31 Å². The Kier molecular flexibility index (Phi) is 5.25. The monoisotopic (exact) mass is 366 g/mol. The van der Waals surface area contributed by atoms with Crippen molar-refractivity contribution < 1.29 is 17.6 Å². The smallest absolute Gasteiger partial charge is 0.247 e. The van der Waals surface area contributed by atoms with E-state index in [1.807, 2.05) is 0 Å². The van der Waals surface area contributed by atoms with E-state index in [-0.39, 0.29) is 15.7 Å². The molecular formula is C12H19BrN2O4S. The van der Waals surface area contributed by atoms with Gasteiger partial charge in [-0.15, -0.1) is 0 Å². The minimum atomic E-state index is -3.57. The number of nitrogens with zero attached hydrogens (tertiary/aromatic N) is 1. The molecule has 1 aliphatic heterocycles. The molecule has 0 amide bonds. The van der Waals surface area contributed by atoms with Crippen LogP contribution in [0.25, 0.3) is 0 Å². The molecule has 6 nitrogen and oxygen atoms in total. The molecule has 2 heterocycles. The number of rotatable bonds is 6. The fourth-order valence-electron chi connectivity index (χ4n) is 2.18. The van der Waals surface area contributed by atoms with Crippen LogP contribution in [-0.4, -0.2) is 46.1 Å². The average Bonchev–Trinajstić information content (AvgIpc) is 2.99. The van der Waals surface area contributed by atoms with Gasteiger partial charge < -0.3 is 14.5 Å². The molecule has 8 heteroatoms. The summed E-state index contributed by atoms with van der Waals surface area (Å²) in [5.41, 5.74) is 0. The largest absolute Gasteiger partial charge is 0.452 e. The lowest BCUT2D eigenvalue weighted by atomic mass is 10.2. The van der Waals surface area contributed by atoms with Crippen molar-refractivity contribution in [2.24, 2.45) is 0 Å². The zero-order valence-corrected chi connectivity index (χ0v) is 14.0. The lowest BCUT2D eigenvalue weighted by Gasteiger charge is -2.19. The van der Waals surface area contributed by atoms with Crippen LogP contribution in [0.3, 0.4) is 0 Å². The normalized spacial score (nSPS) is 19.9. The van der Waals surface area contributed by atoms with Crippen molar-refractivity contribution in [3.63, 3.8) is 0 Å². The van der Waals surface area contributed by atoms with E-state index in [1.165, 1.54) is 4.31 Å². The molecule has 20 heavy (non-hydrogen) atoms. The lowest BCUT2D eigenvalue weighted by molar-refractivity contribution is 0.0978. The second kappa shape index (κ2) is 6.57. The van der Waals surface area contributed by atoms with Gasteiger partial charge in [-0.1, -0.05) is 0 Å². The summed E-state index contributed by atoms with van der Waals surface area (Å²) in [4.78, 5) is 0.156. The average molecular weight is 367 g/mol. The van der Waals surface area contributed by atoms with E-state index in [4.69, 9.17) is 9.15 Å². The maximum absolute atomic E-state index is 12.5. The van der Waals surface area contributed by atoms with Crippen LogP contribution in [-0.2, 0) is 21.3 Å². The van der Waals surface area contributed by atoms with Crippen LogP contribution in [0.4, 0.5) is 0 Å². The predicted molar refractivity (Wildman–Crippen MR) is 78.0 cm³/mol. The second-order valence-electron chi connectivity index (χ2n) is 4.80. The summed E-state index contributed by atoms with van der Waals surface area (Å²) in [5, 5.41) is 2.92. The van der Waals surface area contributed by atoms with Gasteiger partial charge in [-0.25, -0.2) is 8.42 Å². The SMILES string of the molecule is CNCc1cc(S(=O)(=O)N(C)CC2CCCO2)c(Br)o1. The minimum Gasteiger partial charge on any atom is -0.452 e. The quantitative estimate of drug-likeness (QED) is 0.826. The van der Waals surface area contributed by atoms with Gasteiger partial charge in [0.2, 0.25) is 10.0 Å². The molecule has 1 unspecified atom stereocenters. The van der Waals surface area contributed by atoms with E-state index in [1.54, 1.807) is 20.2 Å². The number of hydrogen-bond donors (Lipinski definition) is 1. The van der Waals surface area contributed by atoms with Crippen molar-refractivity contribution in [1.82, 2.24) is 9.62 Å². The summed E-state index contributed by atoms with van der Waals surface area (Å²) in [6.07, 6.45) is 1.87. The summed E-state index contributed by atoms with van der Waals surface area (Å²) < 4.78 is 37.5. The molecular weight excluding hydrogens is 348 g/mol. The molecule has 0 saturated carbocycles. The number of hydrogen-bond acceptors (Lipinski definition) is 5. The van der Waals surface area contributed by atoms with Gasteiger partial charge in [0.25, 0.3) is 0 Å². The van der Waals surface area contributed by atoms with Crippen molar-refractivity contribution in [3.8, 4) is 0 Å². The molecule has 0 aromatic carbocycles. The summed E-state index contributed by atoms with van der Waals surface area (Å²) >= 11 is 3.17. The number of furan rings is 1. The van der Waals surface area contributed by atoms with E-state index in [2.05, 4.69) is 21.2 Å². The molecule has 1 aliphatic rings. The third-order valence-electron chi connectivity index (χ3n) is 3.23. The Balaban J connectivity index is 2.15. The first-order chi connectivity index (χ1) is 9.45. The summed E-state index contributed by atoms with van der Waals surface area (Å²) in [6.45, 7) is 1.55.